The minimum Gasteiger partial charge on any atom is -0.378 e. The van der Waals surface area contributed by atoms with Crippen molar-refractivity contribution in [3.8, 4) is 0 Å². The van der Waals surface area contributed by atoms with E-state index in [9.17, 15) is 0 Å². The summed E-state index contributed by atoms with van der Waals surface area (Å²) in [7, 11) is 1.82. The molecule has 7 heteroatoms. The van der Waals surface area contributed by atoms with E-state index in [4.69, 9.17) is 4.74 Å². The van der Waals surface area contributed by atoms with E-state index in [2.05, 4.69) is 44.3 Å². The van der Waals surface area contributed by atoms with Crippen LogP contribution >= 0.6 is 0 Å². The number of anilines is 3. The SMILES string of the molecule is CCC(CC)Nc1nc(NC)nc(N2CCOCC2)n1. The number of nitrogens with one attached hydrogen (secondary N) is 2. The average Bonchev–Trinajstić information content (AvgIpc) is 2.53. The third-order valence-electron chi connectivity index (χ3n) is 3.46. The van der Waals surface area contributed by atoms with Gasteiger partial charge >= 0.3 is 0 Å². The monoisotopic (exact) mass is 280 g/mol. The number of nitrogens with zero attached hydrogens (tertiary/aromatic N) is 4. The van der Waals surface area contributed by atoms with Crippen LogP contribution in [0.25, 0.3) is 0 Å². The second-order valence-electron chi connectivity index (χ2n) is 4.79. The first-order valence-corrected chi connectivity index (χ1v) is 7.29. The molecule has 2 rings (SSSR count). The van der Waals surface area contributed by atoms with Crippen LogP contribution in [-0.4, -0.2) is 54.3 Å². The van der Waals surface area contributed by atoms with Gasteiger partial charge in [0.2, 0.25) is 17.8 Å². The van der Waals surface area contributed by atoms with Crippen LogP contribution in [0.1, 0.15) is 26.7 Å². The van der Waals surface area contributed by atoms with Crippen LogP contribution < -0.4 is 15.5 Å². The van der Waals surface area contributed by atoms with Crippen molar-refractivity contribution >= 4 is 17.8 Å². The molecular weight excluding hydrogens is 256 g/mol. The van der Waals surface area contributed by atoms with Crippen LogP contribution in [0.2, 0.25) is 0 Å². The van der Waals surface area contributed by atoms with Gasteiger partial charge in [-0.15, -0.1) is 0 Å². The molecule has 0 aromatic carbocycles. The minimum absolute atomic E-state index is 0.389. The molecule has 0 unspecified atom stereocenters. The van der Waals surface area contributed by atoms with Gasteiger partial charge in [-0.3, -0.25) is 0 Å². The van der Waals surface area contributed by atoms with Gasteiger partial charge in [0.1, 0.15) is 0 Å². The fourth-order valence-electron chi connectivity index (χ4n) is 2.12. The largest absolute Gasteiger partial charge is 0.378 e. The van der Waals surface area contributed by atoms with Crippen molar-refractivity contribution in [3.05, 3.63) is 0 Å². The second kappa shape index (κ2) is 7.23. The fourth-order valence-corrected chi connectivity index (χ4v) is 2.12. The maximum atomic E-state index is 5.36. The Morgan fingerprint density at radius 3 is 2.35 bits per heavy atom. The summed E-state index contributed by atoms with van der Waals surface area (Å²) in [6.45, 7) is 7.38. The summed E-state index contributed by atoms with van der Waals surface area (Å²) in [5.41, 5.74) is 0. The standard InChI is InChI=1S/C13H24N6O/c1-4-10(5-2)15-12-16-11(14-3)17-13(18-12)19-6-8-20-9-7-19/h10H,4-9H2,1-3H3,(H2,14,15,16,17,18). The summed E-state index contributed by atoms with van der Waals surface area (Å²) >= 11 is 0. The lowest BCUT2D eigenvalue weighted by atomic mass is 10.2. The molecule has 7 nitrogen and oxygen atoms in total. The molecule has 2 heterocycles. The summed E-state index contributed by atoms with van der Waals surface area (Å²) in [5.74, 6) is 1.94. The second-order valence-corrected chi connectivity index (χ2v) is 4.79. The van der Waals surface area contributed by atoms with Gasteiger partial charge in [-0.25, -0.2) is 0 Å². The van der Waals surface area contributed by atoms with E-state index >= 15 is 0 Å². The van der Waals surface area contributed by atoms with Gasteiger partial charge < -0.3 is 20.3 Å². The molecule has 0 amide bonds. The van der Waals surface area contributed by atoms with Gasteiger partial charge in [-0.1, -0.05) is 13.8 Å². The summed E-state index contributed by atoms with van der Waals surface area (Å²) in [6.07, 6.45) is 2.09. The highest BCUT2D eigenvalue weighted by Crippen LogP contribution is 2.16. The maximum Gasteiger partial charge on any atom is 0.232 e. The van der Waals surface area contributed by atoms with E-state index in [-0.39, 0.29) is 0 Å². The van der Waals surface area contributed by atoms with Crippen molar-refractivity contribution in [2.45, 2.75) is 32.7 Å². The quantitative estimate of drug-likeness (QED) is 0.814. The molecule has 1 aromatic heterocycles. The predicted octanol–water partition coefficient (Wildman–Crippen LogP) is 1.35. The highest BCUT2D eigenvalue weighted by Gasteiger charge is 2.17. The Balaban J connectivity index is 2.18. The van der Waals surface area contributed by atoms with Gasteiger partial charge in [-0.05, 0) is 12.8 Å². The van der Waals surface area contributed by atoms with E-state index in [0.717, 1.165) is 39.1 Å². The molecule has 0 bridgehead atoms. The molecule has 0 atom stereocenters. The smallest absolute Gasteiger partial charge is 0.232 e. The summed E-state index contributed by atoms with van der Waals surface area (Å²) in [4.78, 5) is 15.5. The molecule has 1 saturated heterocycles. The van der Waals surface area contributed by atoms with Crippen LogP contribution in [0.3, 0.4) is 0 Å². The van der Waals surface area contributed by atoms with Crippen LogP contribution in [0.15, 0.2) is 0 Å². The maximum absolute atomic E-state index is 5.36. The Labute approximate surface area is 120 Å². The molecule has 2 N–H and O–H groups in total. The fraction of sp³-hybridized carbons (Fsp3) is 0.769. The third-order valence-corrected chi connectivity index (χ3v) is 3.46. The summed E-state index contributed by atoms with van der Waals surface area (Å²) in [6, 6.07) is 0.389. The third kappa shape index (κ3) is 3.69. The van der Waals surface area contributed by atoms with E-state index in [1.54, 1.807) is 0 Å². The Kier molecular flexibility index (Phi) is 5.34. The Morgan fingerprint density at radius 1 is 1.10 bits per heavy atom. The Bertz CT molecular complexity index is 417. The van der Waals surface area contributed by atoms with Crippen LogP contribution in [0.4, 0.5) is 17.8 Å². The van der Waals surface area contributed by atoms with Crippen molar-refractivity contribution in [1.29, 1.82) is 0 Å². The van der Waals surface area contributed by atoms with E-state index in [1.807, 2.05) is 7.05 Å². The molecule has 0 spiro atoms. The van der Waals surface area contributed by atoms with Gasteiger partial charge in [0.15, 0.2) is 0 Å². The summed E-state index contributed by atoms with van der Waals surface area (Å²) in [5, 5.41) is 6.37. The highest BCUT2D eigenvalue weighted by atomic mass is 16.5. The topological polar surface area (TPSA) is 75.2 Å². The first-order valence-electron chi connectivity index (χ1n) is 7.29. The zero-order valence-corrected chi connectivity index (χ0v) is 12.5. The average molecular weight is 280 g/mol. The van der Waals surface area contributed by atoms with Crippen molar-refractivity contribution in [3.63, 3.8) is 0 Å². The van der Waals surface area contributed by atoms with Crippen molar-refractivity contribution < 1.29 is 4.74 Å². The van der Waals surface area contributed by atoms with Gasteiger partial charge in [0.25, 0.3) is 0 Å². The molecule has 1 aromatic rings. The zero-order chi connectivity index (χ0) is 14.4. The molecule has 0 radical (unpaired) electrons. The molecule has 1 aliphatic rings. The number of hydrogen-bond donors (Lipinski definition) is 2. The highest BCUT2D eigenvalue weighted by molar-refractivity contribution is 5.44. The molecule has 0 aliphatic carbocycles. The normalized spacial score (nSPS) is 15.5. The molecule has 112 valence electrons. The summed E-state index contributed by atoms with van der Waals surface area (Å²) < 4.78 is 5.36. The van der Waals surface area contributed by atoms with E-state index < -0.39 is 0 Å². The molecule has 0 saturated carbocycles. The Morgan fingerprint density at radius 2 is 1.75 bits per heavy atom. The number of rotatable bonds is 6. The first kappa shape index (κ1) is 14.8. The van der Waals surface area contributed by atoms with E-state index in [0.29, 0.717) is 23.9 Å². The lowest BCUT2D eigenvalue weighted by molar-refractivity contribution is 0.122. The lowest BCUT2D eigenvalue weighted by Crippen LogP contribution is -2.37. The molecule has 1 fully saturated rings. The van der Waals surface area contributed by atoms with Gasteiger partial charge in [-0.2, -0.15) is 15.0 Å². The number of hydrogen-bond acceptors (Lipinski definition) is 7. The van der Waals surface area contributed by atoms with Crippen LogP contribution in [0.5, 0.6) is 0 Å². The Hall–Kier alpha value is -1.63. The van der Waals surface area contributed by atoms with Gasteiger partial charge in [0, 0.05) is 26.2 Å². The van der Waals surface area contributed by atoms with Crippen molar-refractivity contribution in [1.82, 2.24) is 15.0 Å². The predicted molar refractivity (Wildman–Crippen MR) is 80.4 cm³/mol. The zero-order valence-electron chi connectivity index (χ0n) is 12.5. The van der Waals surface area contributed by atoms with Crippen molar-refractivity contribution in [2.75, 3.05) is 48.9 Å². The number of aromatic nitrogens is 3. The van der Waals surface area contributed by atoms with Gasteiger partial charge in [0.05, 0.1) is 13.2 Å². The van der Waals surface area contributed by atoms with Crippen LogP contribution in [0, 0.1) is 0 Å². The molecule has 1 aliphatic heterocycles. The minimum atomic E-state index is 0.389. The molecular formula is C13H24N6O. The lowest BCUT2D eigenvalue weighted by Gasteiger charge is -2.27. The van der Waals surface area contributed by atoms with E-state index in [1.165, 1.54) is 0 Å². The number of morpholine rings is 1. The van der Waals surface area contributed by atoms with Crippen molar-refractivity contribution in [2.24, 2.45) is 0 Å². The van der Waals surface area contributed by atoms with Crippen LogP contribution in [-0.2, 0) is 4.74 Å². The first-order chi connectivity index (χ1) is 9.76. The number of ether oxygens (including phenoxy) is 1. The molecule has 20 heavy (non-hydrogen) atoms.